The lowest BCUT2D eigenvalue weighted by Gasteiger charge is -2.36. The van der Waals surface area contributed by atoms with Gasteiger partial charge in [-0.1, -0.05) is 6.92 Å². The number of likely N-dealkylation sites (tertiary alicyclic amines) is 1. The van der Waals surface area contributed by atoms with Gasteiger partial charge in [0.2, 0.25) is 0 Å². The first-order valence-electron chi connectivity index (χ1n) is 7.09. The third-order valence-electron chi connectivity index (χ3n) is 5.03. The summed E-state index contributed by atoms with van der Waals surface area (Å²) >= 11 is 0. The summed E-state index contributed by atoms with van der Waals surface area (Å²) in [4.78, 5) is 2.84. The van der Waals surface area contributed by atoms with Gasteiger partial charge in [0.25, 0.3) is 0 Å². The molecule has 0 aromatic rings. The fraction of sp³-hybridized carbons (Fsp3) is 1.00. The molecule has 3 aliphatic rings. The monoisotopic (exact) mass is 207 g/mol. The van der Waals surface area contributed by atoms with Crippen LogP contribution in [0.4, 0.5) is 0 Å². The summed E-state index contributed by atoms with van der Waals surface area (Å²) in [6, 6.07) is 0.963. The molecule has 0 radical (unpaired) electrons. The summed E-state index contributed by atoms with van der Waals surface area (Å²) in [6.07, 6.45) is 10.6. The molecule has 2 saturated carbocycles. The Bertz CT molecular complexity index is 223. The maximum absolute atomic E-state index is 2.84. The first-order chi connectivity index (χ1) is 7.35. The van der Waals surface area contributed by atoms with Gasteiger partial charge >= 0.3 is 0 Å². The molecule has 4 bridgehead atoms. The van der Waals surface area contributed by atoms with Gasteiger partial charge in [0.05, 0.1) is 0 Å². The molecule has 4 atom stereocenters. The van der Waals surface area contributed by atoms with E-state index in [4.69, 9.17) is 0 Å². The van der Waals surface area contributed by atoms with E-state index < -0.39 is 0 Å². The van der Waals surface area contributed by atoms with Crippen molar-refractivity contribution in [1.82, 2.24) is 4.90 Å². The van der Waals surface area contributed by atoms with Gasteiger partial charge in [-0.25, -0.2) is 0 Å². The highest BCUT2D eigenvalue weighted by Crippen LogP contribution is 2.45. The molecule has 0 N–H and O–H groups in total. The predicted molar refractivity (Wildman–Crippen MR) is 63.8 cm³/mol. The quantitative estimate of drug-likeness (QED) is 0.671. The topological polar surface area (TPSA) is 3.24 Å². The molecule has 1 saturated heterocycles. The zero-order chi connectivity index (χ0) is 10.3. The largest absolute Gasteiger partial charge is 0.300 e. The summed E-state index contributed by atoms with van der Waals surface area (Å²) in [7, 11) is 0. The van der Waals surface area contributed by atoms with E-state index in [1.807, 2.05) is 0 Å². The average molecular weight is 207 g/mol. The number of hydrogen-bond acceptors (Lipinski definition) is 1. The van der Waals surface area contributed by atoms with Crippen molar-refractivity contribution in [2.24, 2.45) is 17.8 Å². The van der Waals surface area contributed by atoms with Crippen LogP contribution in [0.2, 0.25) is 0 Å². The Labute approximate surface area is 94.2 Å². The van der Waals surface area contributed by atoms with Gasteiger partial charge in [0.15, 0.2) is 0 Å². The predicted octanol–water partition coefficient (Wildman–Crippen LogP) is 3.30. The van der Waals surface area contributed by atoms with Gasteiger partial charge in [-0.2, -0.15) is 0 Å². The van der Waals surface area contributed by atoms with E-state index >= 15 is 0 Å². The summed E-state index contributed by atoms with van der Waals surface area (Å²) in [5, 5.41) is 0. The molecule has 3 fully saturated rings. The molecular formula is C14H25N. The molecule has 1 heterocycles. The van der Waals surface area contributed by atoms with E-state index in [0.717, 1.165) is 23.8 Å². The maximum atomic E-state index is 2.84. The van der Waals surface area contributed by atoms with Crippen LogP contribution in [0.15, 0.2) is 0 Å². The van der Waals surface area contributed by atoms with E-state index in [0.29, 0.717) is 0 Å². The van der Waals surface area contributed by atoms with Crippen LogP contribution in [-0.4, -0.2) is 24.0 Å². The smallest absolute Gasteiger partial charge is 0.00981 e. The van der Waals surface area contributed by atoms with Crippen molar-refractivity contribution in [2.45, 2.75) is 57.9 Å². The van der Waals surface area contributed by atoms with Crippen molar-refractivity contribution in [3.63, 3.8) is 0 Å². The highest BCUT2D eigenvalue weighted by Gasteiger charge is 2.39. The second-order valence-electron chi connectivity index (χ2n) is 6.27. The number of fused-ring (bicyclic) bond motifs is 3. The summed E-state index contributed by atoms with van der Waals surface area (Å²) < 4.78 is 0. The Balaban J connectivity index is 1.79. The van der Waals surface area contributed by atoms with Crippen LogP contribution in [0, 0.1) is 17.8 Å². The van der Waals surface area contributed by atoms with Crippen LogP contribution in [0.25, 0.3) is 0 Å². The lowest BCUT2D eigenvalue weighted by molar-refractivity contribution is 0.130. The second kappa shape index (κ2) is 4.08. The molecule has 1 heteroatoms. The van der Waals surface area contributed by atoms with Crippen molar-refractivity contribution < 1.29 is 0 Å². The minimum atomic E-state index is 0.963. The Morgan fingerprint density at radius 2 is 1.73 bits per heavy atom. The first kappa shape index (κ1) is 10.1. The fourth-order valence-electron chi connectivity index (χ4n) is 4.58. The Hall–Kier alpha value is -0.0400. The van der Waals surface area contributed by atoms with Gasteiger partial charge in [-0.05, 0) is 69.2 Å². The molecule has 15 heavy (non-hydrogen) atoms. The van der Waals surface area contributed by atoms with Crippen LogP contribution < -0.4 is 0 Å². The fourth-order valence-corrected chi connectivity index (χ4v) is 4.58. The zero-order valence-corrected chi connectivity index (χ0v) is 10.1. The van der Waals surface area contributed by atoms with Crippen LogP contribution >= 0.6 is 0 Å². The molecule has 0 amide bonds. The van der Waals surface area contributed by atoms with Crippen molar-refractivity contribution >= 4 is 0 Å². The third kappa shape index (κ3) is 1.95. The molecule has 1 nitrogen and oxygen atoms in total. The summed E-state index contributed by atoms with van der Waals surface area (Å²) in [6.45, 7) is 5.13. The summed E-state index contributed by atoms with van der Waals surface area (Å²) in [5.41, 5.74) is 0. The lowest BCUT2D eigenvalue weighted by atomic mass is 9.75. The van der Waals surface area contributed by atoms with E-state index in [2.05, 4.69) is 11.8 Å². The van der Waals surface area contributed by atoms with Crippen LogP contribution in [-0.2, 0) is 0 Å². The van der Waals surface area contributed by atoms with Crippen LogP contribution in [0.3, 0.4) is 0 Å². The molecule has 0 spiro atoms. The highest BCUT2D eigenvalue weighted by atomic mass is 15.2. The van der Waals surface area contributed by atoms with E-state index in [9.17, 15) is 0 Å². The van der Waals surface area contributed by atoms with Gasteiger partial charge in [-0.15, -0.1) is 0 Å². The van der Waals surface area contributed by atoms with Crippen molar-refractivity contribution in [3.05, 3.63) is 0 Å². The van der Waals surface area contributed by atoms with Gasteiger partial charge in [0.1, 0.15) is 0 Å². The molecular weight excluding hydrogens is 182 g/mol. The van der Waals surface area contributed by atoms with Crippen molar-refractivity contribution in [1.29, 1.82) is 0 Å². The van der Waals surface area contributed by atoms with Crippen molar-refractivity contribution in [3.8, 4) is 0 Å². The third-order valence-corrected chi connectivity index (χ3v) is 5.03. The second-order valence-corrected chi connectivity index (χ2v) is 6.27. The van der Waals surface area contributed by atoms with Crippen LogP contribution in [0.1, 0.15) is 51.9 Å². The normalized spacial score (nSPS) is 45.4. The van der Waals surface area contributed by atoms with Gasteiger partial charge < -0.3 is 4.90 Å². The number of nitrogens with zero attached hydrogens (tertiary/aromatic N) is 1. The lowest BCUT2D eigenvalue weighted by Crippen LogP contribution is -2.39. The molecule has 0 aromatic carbocycles. The summed E-state index contributed by atoms with van der Waals surface area (Å²) in [5.74, 6) is 3.27. The molecule has 3 rings (SSSR count). The van der Waals surface area contributed by atoms with Gasteiger partial charge in [0, 0.05) is 12.6 Å². The van der Waals surface area contributed by atoms with Gasteiger partial charge in [-0.3, -0.25) is 0 Å². The average Bonchev–Trinajstić information content (AvgIpc) is 2.42. The SMILES string of the molecule is CCCN1CC2CC3CCC1CC(C3)C2. The maximum Gasteiger partial charge on any atom is 0.00981 e. The van der Waals surface area contributed by atoms with E-state index in [-0.39, 0.29) is 0 Å². The standard InChI is InChI=1S/C14H25N/c1-2-5-15-10-13-7-11-3-4-14(15)9-12(6-11)8-13/h11-14H,2-10H2,1H3. The molecule has 0 aromatic heterocycles. The molecule has 2 aliphatic carbocycles. The molecule has 86 valence electrons. The number of rotatable bonds is 2. The Morgan fingerprint density at radius 3 is 2.60 bits per heavy atom. The van der Waals surface area contributed by atoms with E-state index in [1.165, 1.54) is 38.8 Å². The zero-order valence-electron chi connectivity index (χ0n) is 10.1. The minimum Gasteiger partial charge on any atom is -0.300 e. The number of hydrogen-bond donors (Lipinski definition) is 0. The molecule has 4 unspecified atom stereocenters. The highest BCUT2D eigenvalue weighted by molar-refractivity contribution is 4.92. The van der Waals surface area contributed by atoms with Crippen LogP contribution in [0.5, 0.6) is 0 Å². The first-order valence-corrected chi connectivity index (χ1v) is 7.09. The minimum absolute atomic E-state index is 0.963. The Morgan fingerprint density at radius 1 is 0.933 bits per heavy atom. The van der Waals surface area contributed by atoms with E-state index in [1.54, 1.807) is 19.3 Å². The Kier molecular flexibility index (Phi) is 2.76. The molecule has 1 aliphatic heterocycles. The van der Waals surface area contributed by atoms with Crippen molar-refractivity contribution in [2.75, 3.05) is 13.1 Å².